The second kappa shape index (κ2) is 13.0. The molecule has 198 valence electrons. The third-order valence-electron chi connectivity index (χ3n) is 5.74. The van der Waals surface area contributed by atoms with Gasteiger partial charge in [-0.2, -0.15) is 0 Å². The number of alkyl carbamates (subject to hydrolysis) is 1. The van der Waals surface area contributed by atoms with Crippen LogP contribution in [0.4, 0.5) is 4.79 Å². The lowest BCUT2D eigenvalue weighted by Crippen LogP contribution is -2.60. The second-order valence-electron chi connectivity index (χ2n) is 9.95. The first kappa shape index (κ1) is 28.7. The zero-order chi connectivity index (χ0) is 26.2. The van der Waals surface area contributed by atoms with Crippen molar-refractivity contribution in [3.8, 4) is 0 Å². The van der Waals surface area contributed by atoms with Gasteiger partial charge in [-0.1, -0.05) is 6.08 Å². The van der Waals surface area contributed by atoms with E-state index in [1.807, 2.05) is 0 Å². The second-order valence-corrected chi connectivity index (χ2v) is 9.95. The summed E-state index contributed by atoms with van der Waals surface area (Å²) in [4.78, 5) is 43.0. The van der Waals surface area contributed by atoms with Crippen LogP contribution in [0.25, 0.3) is 0 Å². The highest BCUT2D eigenvalue weighted by molar-refractivity contribution is 5.94. The molecule has 0 aromatic heterocycles. The van der Waals surface area contributed by atoms with E-state index >= 15 is 0 Å². The van der Waals surface area contributed by atoms with Gasteiger partial charge in [0, 0.05) is 32.6 Å². The highest BCUT2D eigenvalue weighted by Gasteiger charge is 2.40. The van der Waals surface area contributed by atoms with E-state index in [-0.39, 0.29) is 29.8 Å². The summed E-state index contributed by atoms with van der Waals surface area (Å²) < 4.78 is 16.3. The maximum Gasteiger partial charge on any atom is 0.413 e. The fraction of sp³-hybridized carbons (Fsp3) is 0.750. The van der Waals surface area contributed by atoms with Crippen LogP contribution in [0.3, 0.4) is 0 Å². The lowest BCUT2D eigenvalue weighted by Gasteiger charge is -2.44. The molecule has 0 radical (unpaired) electrons. The van der Waals surface area contributed by atoms with E-state index in [4.69, 9.17) is 14.2 Å². The predicted molar refractivity (Wildman–Crippen MR) is 130 cm³/mol. The molecule has 0 bridgehead atoms. The van der Waals surface area contributed by atoms with Gasteiger partial charge in [-0.3, -0.25) is 20.0 Å². The number of aliphatic carboxylic acids is 1. The maximum atomic E-state index is 12.2. The lowest BCUT2D eigenvalue weighted by molar-refractivity contribution is -0.133. The van der Waals surface area contributed by atoms with Crippen LogP contribution in [0, 0.1) is 0 Å². The summed E-state index contributed by atoms with van der Waals surface area (Å²) >= 11 is 0. The zero-order valence-corrected chi connectivity index (χ0v) is 21.6. The van der Waals surface area contributed by atoms with Crippen molar-refractivity contribution in [2.75, 3.05) is 33.4 Å². The van der Waals surface area contributed by atoms with Crippen molar-refractivity contribution < 1.29 is 33.7 Å². The first-order chi connectivity index (χ1) is 16.4. The molecular formula is C24H40N4O7. The number of amidine groups is 1. The Hall–Kier alpha value is -2.50. The number of piperidine rings is 1. The van der Waals surface area contributed by atoms with E-state index in [1.54, 1.807) is 40.9 Å². The molecule has 11 nitrogen and oxygen atoms in total. The molecule has 0 saturated carbocycles. The summed E-state index contributed by atoms with van der Waals surface area (Å²) in [5.74, 6) is -0.987. The summed E-state index contributed by atoms with van der Waals surface area (Å²) in [7, 11) is 1.62. The average Bonchev–Trinajstić information content (AvgIpc) is 2.73. The number of nitrogens with zero attached hydrogens (tertiary/aromatic N) is 2. The van der Waals surface area contributed by atoms with Crippen LogP contribution in [0.2, 0.25) is 0 Å². The van der Waals surface area contributed by atoms with Gasteiger partial charge in [0.05, 0.1) is 37.4 Å². The third kappa shape index (κ3) is 9.58. The van der Waals surface area contributed by atoms with Crippen molar-refractivity contribution in [3.63, 3.8) is 0 Å². The number of rotatable bonds is 8. The summed E-state index contributed by atoms with van der Waals surface area (Å²) in [5.41, 5.74) is -0.452. The molecular weight excluding hydrogens is 456 g/mol. The van der Waals surface area contributed by atoms with Crippen LogP contribution in [-0.4, -0.2) is 97.1 Å². The number of hydrogen-bond acceptors (Lipinski definition) is 8. The molecule has 4 atom stereocenters. The van der Waals surface area contributed by atoms with E-state index in [0.717, 1.165) is 19.4 Å². The molecule has 35 heavy (non-hydrogen) atoms. The van der Waals surface area contributed by atoms with Crippen molar-refractivity contribution in [3.05, 3.63) is 11.6 Å². The SMILES string of the molecule is COCCO[C@@H]1CCCN([C@@H]2C=C(C(=O)O)C[C@H](N=C(C)NC(=O)OC(C)(C)C)[C@H]2NC(C)=O)C1. The highest BCUT2D eigenvalue weighted by atomic mass is 16.6. The van der Waals surface area contributed by atoms with Gasteiger partial charge in [0.2, 0.25) is 5.91 Å². The molecule has 0 aromatic carbocycles. The van der Waals surface area contributed by atoms with Crippen molar-refractivity contribution in [2.24, 2.45) is 4.99 Å². The minimum atomic E-state index is -1.03. The number of aliphatic imine (C=N–C) groups is 1. The van der Waals surface area contributed by atoms with E-state index in [1.165, 1.54) is 6.92 Å². The molecule has 2 rings (SSSR count). The molecule has 2 amide bonds. The van der Waals surface area contributed by atoms with Crippen LogP contribution < -0.4 is 10.6 Å². The van der Waals surface area contributed by atoms with Gasteiger partial charge in [0.15, 0.2) is 0 Å². The van der Waals surface area contributed by atoms with Gasteiger partial charge >= 0.3 is 12.1 Å². The number of hydrogen-bond donors (Lipinski definition) is 3. The zero-order valence-electron chi connectivity index (χ0n) is 21.6. The Kier molecular flexibility index (Phi) is 10.7. The van der Waals surface area contributed by atoms with Crippen molar-refractivity contribution >= 4 is 23.8 Å². The smallest absolute Gasteiger partial charge is 0.413 e. The largest absolute Gasteiger partial charge is 0.478 e. The van der Waals surface area contributed by atoms with Crippen molar-refractivity contribution in [1.29, 1.82) is 0 Å². The molecule has 0 aromatic rings. The van der Waals surface area contributed by atoms with Gasteiger partial charge in [-0.25, -0.2) is 9.59 Å². The van der Waals surface area contributed by atoms with Gasteiger partial charge in [0.25, 0.3) is 0 Å². The monoisotopic (exact) mass is 496 g/mol. The van der Waals surface area contributed by atoms with Gasteiger partial charge in [-0.15, -0.1) is 0 Å². The number of methoxy groups -OCH3 is 1. The van der Waals surface area contributed by atoms with Crippen molar-refractivity contribution in [1.82, 2.24) is 15.5 Å². The summed E-state index contributed by atoms with van der Waals surface area (Å²) in [6, 6.07) is -1.47. The van der Waals surface area contributed by atoms with Crippen LogP contribution in [-0.2, 0) is 23.8 Å². The Morgan fingerprint density at radius 1 is 1.23 bits per heavy atom. The molecule has 1 aliphatic heterocycles. The first-order valence-electron chi connectivity index (χ1n) is 12.0. The number of carbonyl (C=O) groups excluding carboxylic acids is 2. The number of likely N-dealkylation sites (tertiary alicyclic amines) is 1. The molecule has 0 unspecified atom stereocenters. The number of ether oxygens (including phenoxy) is 3. The summed E-state index contributed by atoms with van der Waals surface area (Å²) in [5, 5.41) is 15.4. The molecule has 1 saturated heterocycles. The van der Waals surface area contributed by atoms with Crippen molar-refractivity contribution in [2.45, 2.75) is 83.7 Å². The fourth-order valence-corrected chi connectivity index (χ4v) is 4.39. The number of carboxylic acids is 1. The van der Waals surface area contributed by atoms with Crippen LogP contribution in [0.15, 0.2) is 16.6 Å². The molecule has 1 heterocycles. The quantitative estimate of drug-likeness (QED) is 0.262. The van der Waals surface area contributed by atoms with E-state index < -0.39 is 35.8 Å². The van der Waals surface area contributed by atoms with E-state index in [0.29, 0.717) is 19.8 Å². The molecule has 2 aliphatic rings. The Labute approximate surface area is 207 Å². The Morgan fingerprint density at radius 2 is 1.94 bits per heavy atom. The van der Waals surface area contributed by atoms with Crippen LogP contribution in [0.1, 0.15) is 53.9 Å². The summed E-state index contributed by atoms with van der Waals surface area (Å²) in [6.45, 7) is 10.6. The summed E-state index contributed by atoms with van der Waals surface area (Å²) in [6.07, 6.45) is 2.94. The van der Waals surface area contributed by atoms with Crippen LogP contribution in [0.5, 0.6) is 0 Å². The molecule has 0 spiro atoms. The minimum absolute atomic E-state index is 0.0157. The van der Waals surface area contributed by atoms with Gasteiger partial charge in [0.1, 0.15) is 11.4 Å². The average molecular weight is 497 g/mol. The maximum absolute atomic E-state index is 12.2. The Balaban J connectivity index is 2.29. The van der Waals surface area contributed by atoms with Crippen LogP contribution >= 0.6 is 0 Å². The first-order valence-corrected chi connectivity index (χ1v) is 12.0. The normalized spacial score (nSPS) is 26.0. The number of amides is 2. The number of carbonyl (C=O) groups is 3. The highest BCUT2D eigenvalue weighted by Crippen LogP contribution is 2.28. The molecule has 1 fully saturated rings. The van der Waals surface area contributed by atoms with E-state index in [9.17, 15) is 19.5 Å². The predicted octanol–water partition coefficient (Wildman–Crippen LogP) is 1.71. The molecule has 3 N–H and O–H groups in total. The minimum Gasteiger partial charge on any atom is -0.478 e. The lowest BCUT2D eigenvalue weighted by atomic mass is 9.84. The number of nitrogens with one attached hydrogen (secondary N) is 2. The van der Waals surface area contributed by atoms with E-state index in [2.05, 4.69) is 20.5 Å². The van der Waals surface area contributed by atoms with Gasteiger partial charge < -0.3 is 24.6 Å². The van der Waals surface area contributed by atoms with Gasteiger partial charge in [-0.05, 0) is 47.1 Å². The fourth-order valence-electron chi connectivity index (χ4n) is 4.39. The topological polar surface area (TPSA) is 139 Å². The Bertz CT molecular complexity index is 821. The standard InChI is InChI=1S/C24H40N4O7/c1-15(26-23(32)35-24(3,4)5)25-19-12-17(22(30)31)13-20(21(19)27-16(2)29)28-9-7-8-18(14-28)34-11-10-33-6/h13,18-21H,7-12,14H2,1-6H3,(H,27,29)(H,30,31)(H,25,26,32)/t18-,19+,20-,21-/m1/s1. The third-order valence-corrected chi connectivity index (χ3v) is 5.74. The molecule has 11 heteroatoms. The Morgan fingerprint density at radius 3 is 2.54 bits per heavy atom. The molecule has 1 aliphatic carbocycles. The number of carboxylic acid groups (broad SMARTS) is 1.